The van der Waals surface area contributed by atoms with E-state index >= 15 is 0 Å². The number of nitrogens with one attached hydrogen (secondary N) is 6. The van der Waals surface area contributed by atoms with E-state index in [1.165, 1.54) is 0 Å². The molecule has 0 amide bonds. The maximum atomic E-state index is 4.98. The van der Waals surface area contributed by atoms with Crippen molar-refractivity contribution in [2.24, 2.45) is 30.0 Å². The van der Waals surface area contributed by atoms with E-state index in [1.807, 2.05) is 24.3 Å². The van der Waals surface area contributed by atoms with Crippen LogP contribution in [0.5, 0.6) is 0 Å². The molecule has 234 valence electrons. The van der Waals surface area contributed by atoms with Gasteiger partial charge in [0.15, 0.2) is 23.0 Å². The van der Waals surface area contributed by atoms with E-state index in [4.69, 9.17) is 30.0 Å². The Morgan fingerprint density at radius 3 is 1.66 bits per heavy atom. The van der Waals surface area contributed by atoms with Crippen molar-refractivity contribution in [3.8, 4) is 0 Å². The normalized spacial score (nSPS) is 18.9. The van der Waals surface area contributed by atoms with Crippen molar-refractivity contribution in [1.82, 2.24) is 20.6 Å². The maximum absolute atomic E-state index is 4.98. The summed E-state index contributed by atoms with van der Waals surface area (Å²) < 4.78 is 0. The standard InChI is InChI=1S/C32H46N12/c1-29(2,3)41-17-13-21-33-25(17)37-22-14-18(42-30(4,5)6)27(34-22)39-24-16-20(44-32(10,11)12)28(36-24)40-23-15-19(26(35-23)38-21)43-31(7,8)9/h13-16,33,41-42H,1-12H3,(H,35,38)(H,36,40)(H,34,37,39). The number of fused-ring (bicyclic) bond motifs is 8. The predicted molar refractivity (Wildman–Crippen MR) is 182 cm³/mol. The van der Waals surface area contributed by atoms with Crippen LogP contribution in [0.1, 0.15) is 83.1 Å². The Hall–Kier alpha value is -4.48. The van der Waals surface area contributed by atoms with Crippen molar-refractivity contribution in [2.45, 2.75) is 105 Å². The van der Waals surface area contributed by atoms with Crippen molar-refractivity contribution < 1.29 is 0 Å². The van der Waals surface area contributed by atoms with Crippen LogP contribution in [0.3, 0.4) is 0 Å². The number of rotatable bonds is 2. The second-order valence-corrected chi connectivity index (χ2v) is 15.4. The van der Waals surface area contributed by atoms with Gasteiger partial charge in [-0.15, -0.1) is 0 Å². The Morgan fingerprint density at radius 2 is 1.11 bits per heavy atom. The van der Waals surface area contributed by atoms with Crippen LogP contribution >= 0.6 is 0 Å². The fourth-order valence-corrected chi connectivity index (χ4v) is 4.66. The Morgan fingerprint density at radius 1 is 0.591 bits per heavy atom. The summed E-state index contributed by atoms with van der Waals surface area (Å²) in [6.07, 6.45) is 3.82. The molecule has 0 saturated heterocycles. The van der Waals surface area contributed by atoms with Crippen molar-refractivity contribution in [1.29, 1.82) is 0 Å². The van der Waals surface area contributed by atoms with Gasteiger partial charge in [-0.25, -0.2) is 20.0 Å². The number of aromatic amines is 2. The largest absolute Gasteiger partial charge is 0.377 e. The Kier molecular flexibility index (Phi) is 7.46. The highest BCUT2D eigenvalue weighted by Gasteiger charge is 2.26. The van der Waals surface area contributed by atoms with Gasteiger partial charge in [-0.2, -0.15) is 0 Å². The molecular weight excluding hydrogens is 552 g/mol. The third-order valence-electron chi connectivity index (χ3n) is 5.95. The lowest BCUT2D eigenvalue weighted by Gasteiger charge is -2.21. The van der Waals surface area contributed by atoms with Gasteiger partial charge in [0.05, 0.1) is 22.5 Å². The number of aromatic nitrogens is 2. The first-order valence-electron chi connectivity index (χ1n) is 15.0. The molecular formula is C32H46N12. The summed E-state index contributed by atoms with van der Waals surface area (Å²) in [5.41, 5.74) is 3.27. The van der Waals surface area contributed by atoms with E-state index in [-0.39, 0.29) is 22.2 Å². The summed E-state index contributed by atoms with van der Waals surface area (Å²) in [6.45, 7) is 25.0. The highest BCUT2D eigenvalue weighted by Crippen LogP contribution is 2.32. The first kappa shape index (κ1) is 31.0. The minimum atomic E-state index is -0.327. The predicted octanol–water partition coefficient (Wildman–Crippen LogP) is 5.14. The molecule has 0 unspecified atom stereocenters. The van der Waals surface area contributed by atoms with E-state index in [0.717, 1.165) is 11.4 Å². The van der Waals surface area contributed by atoms with Crippen molar-refractivity contribution in [3.63, 3.8) is 0 Å². The zero-order chi connectivity index (χ0) is 32.2. The van der Waals surface area contributed by atoms with Gasteiger partial charge >= 0.3 is 0 Å². The van der Waals surface area contributed by atoms with Crippen molar-refractivity contribution >= 4 is 46.1 Å². The zero-order valence-corrected chi connectivity index (χ0v) is 28.0. The molecule has 12 heteroatoms. The molecule has 3 aliphatic heterocycles. The van der Waals surface area contributed by atoms with Crippen LogP contribution in [0.25, 0.3) is 0 Å². The molecule has 0 saturated carbocycles. The lowest BCUT2D eigenvalue weighted by molar-refractivity contribution is 0.585. The number of anilines is 2. The van der Waals surface area contributed by atoms with E-state index in [0.29, 0.717) is 57.3 Å². The Labute approximate surface area is 259 Å². The lowest BCUT2D eigenvalue weighted by atomic mass is 10.1. The fourth-order valence-electron chi connectivity index (χ4n) is 4.66. The van der Waals surface area contributed by atoms with Gasteiger partial charge in [0.1, 0.15) is 34.4 Å². The van der Waals surface area contributed by atoms with Gasteiger partial charge < -0.3 is 31.2 Å². The molecule has 3 aliphatic rings. The quantitative estimate of drug-likeness (QED) is 0.283. The average molecular weight is 599 g/mol. The molecule has 5 rings (SSSR count). The van der Waals surface area contributed by atoms with Crippen LogP contribution in [0.4, 0.5) is 23.0 Å². The molecule has 2 aromatic rings. The van der Waals surface area contributed by atoms with Gasteiger partial charge in [-0.1, -0.05) is 0 Å². The van der Waals surface area contributed by atoms with Gasteiger partial charge in [0, 0.05) is 35.4 Å². The van der Waals surface area contributed by atoms with Crippen LogP contribution < -0.4 is 32.2 Å². The van der Waals surface area contributed by atoms with Gasteiger partial charge in [0.2, 0.25) is 0 Å². The van der Waals surface area contributed by atoms with Crippen LogP contribution in [0.15, 0.2) is 65.9 Å². The average Bonchev–Trinajstić information content (AvgIpc) is 3.54. The first-order chi connectivity index (χ1) is 20.2. The SMILES string of the molecule is CC(C)(C)N=C1C=C2N=c3[nH]c(cc3NC(C)(C)C)=Nc3[nH]c(cc3NC(C)(C)C)N=C3NC(=CC3=NC(C)(C)C)N=C1N2. The van der Waals surface area contributed by atoms with Crippen LogP contribution in [-0.4, -0.2) is 55.2 Å². The molecule has 0 aliphatic carbocycles. The molecule has 2 aromatic heterocycles. The van der Waals surface area contributed by atoms with Crippen LogP contribution in [-0.2, 0) is 0 Å². The molecule has 5 heterocycles. The summed E-state index contributed by atoms with van der Waals surface area (Å²) in [4.78, 5) is 36.5. The van der Waals surface area contributed by atoms with Crippen LogP contribution in [0.2, 0.25) is 0 Å². The topological polar surface area (TPSA) is 154 Å². The van der Waals surface area contributed by atoms with E-state index in [2.05, 4.69) is 114 Å². The molecule has 8 bridgehead atoms. The molecule has 0 radical (unpaired) electrons. The third kappa shape index (κ3) is 7.91. The minimum absolute atomic E-state index is 0.205. The molecule has 6 N–H and O–H groups in total. The highest BCUT2D eigenvalue weighted by molar-refractivity contribution is 6.50. The smallest absolute Gasteiger partial charge is 0.159 e. The number of aliphatic imine (C=N–C) groups is 4. The Bertz CT molecular complexity index is 1780. The monoisotopic (exact) mass is 598 g/mol. The number of amidine groups is 2. The summed E-state index contributed by atoms with van der Waals surface area (Å²) >= 11 is 0. The molecule has 44 heavy (non-hydrogen) atoms. The summed E-state index contributed by atoms with van der Waals surface area (Å²) in [7, 11) is 0. The van der Waals surface area contributed by atoms with E-state index in [9.17, 15) is 0 Å². The van der Waals surface area contributed by atoms with Gasteiger partial charge in [-0.3, -0.25) is 9.98 Å². The van der Waals surface area contributed by atoms with Crippen molar-refractivity contribution in [2.75, 3.05) is 10.6 Å². The molecule has 12 nitrogen and oxygen atoms in total. The highest BCUT2D eigenvalue weighted by atomic mass is 15.2. The molecule has 0 atom stereocenters. The molecule has 0 aromatic carbocycles. The first-order valence-corrected chi connectivity index (χ1v) is 15.0. The number of nitrogens with zero attached hydrogens (tertiary/aromatic N) is 6. The fraction of sp³-hybridized carbons (Fsp3) is 0.500. The van der Waals surface area contributed by atoms with E-state index < -0.39 is 0 Å². The molecule has 0 fully saturated rings. The summed E-state index contributed by atoms with van der Waals surface area (Å²) in [5.74, 6) is 3.64. The number of hydrogen-bond acceptors (Lipinski definition) is 10. The second kappa shape index (κ2) is 10.6. The number of hydrogen-bond donors (Lipinski definition) is 6. The van der Waals surface area contributed by atoms with E-state index in [1.54, 1.807) is 0 Å². The lowest BCUT2D eigenvalue weighted by Crippen LogP contribution is -2.30. The van der Waals surface area contributed by atoms with Crippen molar-refractivity contribution in [3.05, 3.63) is 46.9 Å². The number of H-pyrrole nitrogens is 2. The summed E-state index contributed by atoms with van der Waals surface area (Å²) in [6, 6.07) is 3.92. The summed E-state index contributed by atoms with van der Waals surface area (Å²) in [5, 5.41) is 13.9. The second-order valence-electron chi connectivity index (χ2n) is 15.4. The minimum Gasteiger partial charge on any atom is -0.377 e. The Balaban J connectivity index is 1.79. The van der Waals surface area contributed by atoms with Gasteiger partial charge in [-0.05, 0) is 83.1 Å². The van der Waals surface area contributed by atoms with Crippen LogP contribution in [0, 0.1) is 0 Å². The third-order valence-corrected chi connectivity index (χ3v) is 5.95. The maximum Gasteiger partial charge on any atom is 0.159 e. The molecule has 0 spiro atoms. The zero-order valence-electron chi connectivity index (χ0n) is 28.0. The van der Waals surface area contributed by atoms with Gasteiger partial charge in [0.25, 0.3) is 0 Å².